The minimum Gasteiger partial charge on any atom is -0.490 e. The van der Waals surface area contributed by atoms with Gasteiger partial charge in [0.15, 0.2) is 5.96 Å². The number of aryl methyl sites for hydroxylation is 1. The Balaban J connectivity index is 1.52. The van der Waals surface area contributed by atoms with Crippen LogP contribution in [0.5, 0.6) is 5.75 Å². The minimum atomic E-state index is 0.363. The lowest BCUT2D eigenvalue weighted by Gasteiger charge is -2.18. The van der Waals surface area contributed by atoms with Gasteiger partial charge in [0.2, 0.25) is 0 Å². The Morgan fingerprint density at radius 2 is 2.07 bits per heavy atom. The molecule has 0 saturated heterocycles. The molecule has 0 atom stereocenters. The van der Waals surface area contributed by atoms with Gasteiger partial charge < -0.3 is 15.4 Å². The number of rotatable bonds is 7. The zero-order chi connectivity index (χ0) is 18.9. The van der Waals surface area contributed by atoms with Crippen LogP contribution in [0.15, 0.2) is 47.7 Å². The second-order valence-corrected chi connectivity index (χ2v) is 7.10. The zero-order valence-electron chi connectivity index (χ0n) is 16.4. The SMILES string of the molecule is CN=C(NCCc1cccnc1)NCc1ccc(C)cc1OC1CCCC1. The summed E-state index contributed by atoms with van der Waals surface area (Å²) in [5.41, 5.74) is 3.61. The Bertz CT molecular complexity index is 739. The van der Waals surface area contributed by atoms with Crippen molar-refractivity contribution < 1.29 is 4.74 Å². The first-order valence-corrected chi connectivity index (χ1v) is 9.84. The van der Waals surface area contributed by atoms with Crippen LogP contribution in [0, 0.1) is 6.92 Å². The smallest absolute Gasteiger partial charge is 0.191 e. The first-order valence-electron chi connectivity index (χ1n) is 9.84. The maximum Gasteiger partial charge on any atom is 0.191 e. The Kier molecular flexibility index (Phi) is 7.08. The van der Waals surface area contributed by atoms with Gasteiger partial charge in [0.25, 0.3) is 0 Å². The number of ether oxygens (including phenoxy) is 1. The van der Waals surface area contributed by atoms with Crippen LogP contribution in [0.25, 0.3) is 0 Å². The molecule has 1 aliphatic rings. The van der Waals surface area contributed by atoms with Gasteiger partial charge in [0, 0.05) is 38.1 Å². The molecule has 2 aromatic rings. The fourth-order valence-electron chi connectivity index (χ4n) is 3.37. The molecule has 2 N–H and O–H groups in total. The van der Waals surface area contributed by atoms with E-state index in [9.17, 15) is 0 Å². The Hall–Kier alpha value is -2.56. The van der Waals surface area contributed by atoms with Gasteiger partial charge >= 0.3 is 0 Å². The normalized spacial score (nSPS) is 15.0. The molecule has 1 aliphatic carbocycles. The molecule has 1 aromatic carbocycles. The number of aliphatic imine (C=N–C) groups is 1. The van der Waals surface area contributed by atoms with E-state index in [0.29, 0.717) is 12.6 Å². The molecule has 144 valence electrons. The molecule has 1 aromatic heterocycles. The van der Waals surface area contributed by atoms with E-state index in [0.717, 1.165) is 24.7 Å². The van der Waals surface area contributed by atoms with Crippen LogP contribution in [-0.4, -0.2) is 30.6 Å². The molecule has 1 saturated carbocycles. The van der Waals surface area contributed by atoms with E-state index in [4.69, 9.17) is 4.74 Å². The number of benzene rings is 1. The lowest BCUT2D eigenvalue weighted by atomic mass is 10.1. The molecular formula is C22H30N4O. The van der Waals surface area contributed by atoms with Crippen molar-refractivity contribution in [3.8, 4) is 5.75 Å². The molecule has 0 amide bonds. The molecule has 5 heteroatoms. The second kappa shape index (κ2) is 9.95. The van der Waals surface area contributed by atoms with Crippen LogP contribution in [0.1, 0.15) is 42.4 Å². The summed E-state index contributed by atoms with van der Waals surface area (Å²) in [4.78, 5) is 8.47. The van der Waals surface area contributed by atoms with E-state index in [1.165, 1.54) is 42.4 Å². The number of pyridine rings is 1. The summed E-state index contributed by atoms with van der Waals surface area (Å²) in [6.07, 6.45) is 9.85. The van der Waals surface area contributed by atoms with Crippen molar-refractivity contribution in [2.75, 3.05) is 13.6 Å². The van der Waals surface area contributed by atoms with Gasteiger partial charge in [-0.1, -0.05) is 18.2 Å². The molecule has 5 nitrogen and oxygen atoms in total. The van der Waals surface area contributed by atoms with E-state index in [-0.39, 0.29) is 0 Å². The molecule has 1 heterocycles. The van der Waals surface area contributed by atoms with Crippen molar-refractivity contribution in [1.82, 2.24) is 15.6 Å². The predicted molar refractivity (Wildman–Crippen MR) is 110 cm³/mol. The number of aromatic nitrogens is 1. The number of hydrogen-bond acceptors (Lipinski definition) is 3. The third kappa shape index (κ3) is 5.98. The van der Waals surface area contributed by atoms with Gasteiger partial charge in [-0.15, -0.1) is 0 Å². The monoisotopic (exact) mass is 366 g/mol. The molecule has 0 spiro atoms. The van der Waals surface area contributed by atoms with Gasteiger partial charge in [-0.25, -0.2) is 0 Å². The van der Waals surface area contributed by atoms with Crippen LogP contribution in [0.4, 0.5) is 0 Å². The molecule has 0 aliphatic heterocycles. The van der Waals surface area contributed by atoms with Crippen molar-refractivity contribution in [3.63, 3.8) is 0 Å². The average molecular weight is 367 g/mol. The number of nitrogens with one attached hydrogen (secondary N) is 2. The third-order valence-electron chi connectivity index (χ3n) is 4.92. The number of hydrogen-bond donors (Lipinski definition) is 2. The summed E-state index contributed by atoms with van der Waals surface area (Å²) >= 11 is 0. The van der Waals surface area contributed by atoms with Crippen molar-refractivity contribution in [1.29, 1.82) is 0 Å². The highest BCUT2D eigenvalue weighted by atomic mass is 16.5. The summed E-state index contributed by atoms with van der Waals surface area (Å²) in [5, 5.41) is 6.76. The van der Waals surface area contributed by atoms with Crippen LogP contribution >= 0.6 is 0 Å². The predicted octanol–water partition coefficient (Wildman–Crippen LogP) is 3.62. The third-order valence-corrected chi connectivity index (χ3v) is 4.92. The summed E-state index contributed by atoms with van der Waals surface area (Å²) in [7, 11) is 1.80. The zero-order valence-corrected chi connectivity index (χ0v) is 16.4. The Morgan fingerprint density at radius 1 is 1.22 bits per heavy atom. The van der Waals surface area contributed by atoms with E-state index < -0.39 is 0 Å². The first-order chi connectivity index (χ1) is 13.2. The van der Waals surface area contributed by atoms with Crippen LogP contribution < -0.4 is 15.4 Å². The summed E-state index contributed by atoms with van der Waals surface area (Å²) in [6, 6.07) is 10.5. The largest absolute Gasteiger partial charge is 0.490 e. The minimum absolute atomic E-state index is 0.363. The molecule has 3 rings (SSSR count). The molecule has 1 fully saturated rings. The van der Waals surface area contributed by atoms with E-state index >= 15 is 0 Å². The quantitative estimate of drug-likeness (QED) is 0.580. The van der Waals surface area contributed by atoms with E-state index in [1.54, 1.807) is 13.2 Å². The van der Waals surface area contributed by atoms with Crippen LogP contribution in [0.2, 0.25) is 0 Å². The van der Waals surface area contributed by atoms with Gasteiger partial charge in [-0.2, -0.15) is 0 Å². The standard InChI is InChI=1S/C22H30N4O/c1-17-9-10-19(21(14-17)27-20-7-3-4-8-20)16-26-22(23-2)25-13-11-18-6-5-12-24-15-18/h5-6,9-10,12,14-15,20H,3-4,7-8,11,13,16H2,1-2H3,(H2,23,25,26). The first kappa shape index (κ1) is 19.2. The van der Waals surface area contributed by atoms with E-state index in [1.807, 2.05) is 12.3 Å². The lowest BCUT2D eigenvalue weighted by molar-refractivity contribution is 0.207. The summed E-state index contributed by atoms with van der Waals surface area (Å²) < 4.78 is 6.28. The summed E-state index contributed by atoms with van der Waals surface area (Å²) in [5.74, 6) is 1.80. The lowest BCUT2D eigenvalue weighted by Crippen LogP contribution is -2.38. The van der Waals surface area contributed by atoms with Crippen molar-refractivity contribution in [2.45, 2.75) is 51.7 Å². The molecule has 0 radical (unpaired) electrons. The number of guanidine groups is 1. The number of nitrogens with zero attached hydrogens (tertiary/aromatic N) is 2. The van der Waals surface area contributed by atoms with Gasteiger partial charge in [0.1, 0.15) is 5.75 Å². The topological polar surface area (TPSA) is 58.5 Å². The molecule has 0 bridgehead atoms. The molecular weight excluding hydrogens is 336 g/mol. The molecule has 0 unspecified atom stereocenters. The fourth-order valence-corrected chi connectivity index (χ4v) is 3.37. The maximum atomic E-state index is 6.28. The van der Waals surface area contributed by atoms with Crippen molar-refractivity contribution >= 4 is 5.96 Å². The fraction of sp³-hybridized carbons (Fsp3) is 0.455. The van der Waals surface area contributed by atoms with Gasteiger partial charge in [-0.05, 0) is 62.3 Å². The van der Waals surface area contributed by atoms with Crippen LogP contribution in [-0.2, 0) is 13.0 Å². The highest BCUT2D eigenvalue weighted by Crippen LogP contribution is 2.27. The Morgan fingerprint density at radius 3 is 2.81 bits per heavy atom. The van der Waals surface area contributed by atoms with Crippen LogP contribution in [0.3, 0.4) is 0 Å². The maximum absolute atomic E-state index is 6.28. The van der Waals surface area contributed by atoms with E-state index in [2.05, 4.69) is 51.8 Å². The highest BCUT2D eigenvalue weighted by Gasteiger charge is 2.18. The molecule has 27 heavy (non-hydrogen) atoms. The Labute approximate surface area is 162 Å². The van der Waals surface area contributed by atoms with Gasteiger partial charge in [0.05, 0.1) is 6.10 Å². The average Bonchev–Trinajstić information content (AvgIpc) is 3.19. The van der Waals surface area contributed by atoms with Gasteiger partial charge in [-0.3, -0.25) is 9.98 Å². The summed E-state index contributed by atoms with van der Waals surface area (Å²) in [6.45, 7) is 3.61. The highest BCUT2D eigenvalue weighted by molar-refractivity contribution is 5.79. The second-order valence-electron chi connectivity index (χ2n) is 7.10. The van der Waals surface area contributed by atoms with Crippen molar-refractivity contribution in [2.24, 2.45) is 4.99 Å². The van der Waals surface area contributed by atoms with Crippen molar-refractivity contribution in [3.05, 3.63) is 59.4 Å².